The normalized spacial score (nSPS) is 10.6. The Morgan fingerprint density at radius 2 is 1.63 bits per heavy atom. The van der Waals surface area contributed by atoms with Crippen LogP contribution in [0.5, 0.6) is 17.2 Å². The lowest BCUT2D eigenvalue weighted by Crippen LogP contribution is -2.29. The predicted octanol–water partition coefficient (Wildman–Crippen LogP) is 4.80. The lowest BCUT2D eigenvalue weighted by Gasteiger charge is -2.17. The Bertz CT molecular complexity index is 1220. The lowest BCUT2D eigenvalue weighted by molar-refractivity contribution is -0.123. The van der Waals surface area contributed by atoms with Crippen molar-refractivity contribution in [2.75, 3.05) is 20.8 Å². The van der Waals surface area contributed by atoms with Gasteiger partial charge in [0.15, 0.2) is 23.9 Å². The first-order valence-corrected chi connectivity index (χ1v) is 10.9. The van der Waals surface area contributed by atoms with Gasteiger partial charge in [-0.2, -0.15) is 0 Å². The Morgan fingerprint density at radius 1 is 0.971 bits per heavy atom. The van der Waals surface area contributed by atoms with Crippen LogP contribution in [0.3, 0.4) is 0 Å². The highest BCUT2D eigenvalue weighted by molar-refractivity contribution is 6.36. The van der Waals surface area contributed by atoms with Gasteiger partial charge in [-0.25, -0.2) is 8.78 Å². The Morgan fingerprint density at radius 3 is 2.23 bits per heavy atom. The van der Waals surface area contributed by atoms with E-state index in [0.717, 1.165) is 18.2 Å². The highest BCUT2D eigenvalue weighted by Crippen LogP contribution is 2.41. The maximum absolute atomic E-state index is 13.3. The minimum absolute atomic E-state index is 0.0231. The summed E-state index contributed by atoms with van der Waals surface area (Å²) in [6, 6.07) is 5.92. The minimum atomic E-state index is -0.760. The second kappa shape index (κ2) is 11.8. The molecule has 0 saturated heterocycles. The van der Waals surface area contributed by atoms with Crippen LogP contribution in [0.2, 0.25) is 10.0 Å². The molecule has 0 aliphatic heterocycles. The van der Waals surface area contributed by atoms with Crippen LogP contribution in [0.1, 0.15) is 21.5 Å². The van der Waals surface area contributed by atoms with Crippen molar-refractivity contribution < 1.29 is 32.6 Å². The molecule has 0 radical (unpaired) electrons. The fourth-order valence-corrected chi connectivity index (χ4v) is 3.72. The van der Waals surface area contributed by atoms with Crippen LogP contribution in [-0.2, 0) is 17.8 Å². The molecule has 1 N–H and O–H groups in total. The van der Waals surface area contributed by atoms with Crippen molar-refractivity contribution in [3.8, 4) is 17.2 Å². The third-order valence-corrected chi connectivity index (χ3v) is 5.50. The van der Waals surface area contributed by atoms with Crippen molar-refractivity contribution in [1.82, 2.24) is 10.3 Å². The maximum atomic E-state index is 13.3. The highest BCUT2D eigenvalue weighted by atomic mass is 35.5. The molecule has 1 heterocycles. The first-order chi connectivity index (χ1) is 16.7. The number of rotatable bonds is 10. The van der Waals surface area contributed by atoms with E-state index in [9.17, 15) is 18.4 Å². The molecule has 0 atom stereocenters. The Balaban J connectivity index is 1.80. The number of aromatic nitrogens is 1. The van der Waals surface area contributed by atoms with Gasteiger partial charge in [0.1, 0.15) is 11.6 Å². The first kappa shape index (κ1) is 26.2. The molecule has 7 nitrogen and oxygen atoms in total. The second-order valence-electron chi connectivity index (χ2n) is 7.20. The van der Waals surface area contributed by atoms with E-state index in [1.54, 1.807) is 0 Å². The van der Waals surface area contributed by atoms with Gasteiger partial charge in [0.05, 0.1) is 29.8 Å². The molecule has 0 aliphatic rings. The van der Waals surface area contributed by atoms with Crippen molar-refractivity contribution in [1.29, 1.82) is 0 Å². The van der Waals surface area contributed by atoms with E-state index in [1.165, 1.54) is 38.7 Å². The van der Waals surface area contributed by atoms with Gasteiger partial charge in [0.25, 0.3) is 5.91 Å². The molecule has 0 saturated carbocycles. The number of carbonyl (C=O) groups excluding carboxylic acids is 2. The van der Waals surface area contributed by atoms with Gasteiger partial charge in [0, 0.05) is 37.0 Å². The molecular weight excluding hydrogens is 505 g/mol. The molecule has 11 heteroatoms. The zero-order valence-corrected chi connectivity index (χ0v) is 20.2. The van der Waals surface area contributed by atoms with Crippen molar-refractivity contribution in [3.63, 3.8) is 0 Å². The monoisotopic (exact) mass is 524 g/mol. The van der Waals surface area contributed by atoms with Gasteiger partial charge >= 0.3 is 0 Å². The molecule has 0 bridgehead atoms. The van der Waals surface area contributed by atoms with Crippen molar-refractivity contribution in [3.05, 3.63) is 81.1 Å². The van der Waals surface area contributed by atoms with Crippen molar-refractivity contribution >= 4 is 34.9 Å². The molecule has 2 aromatic carbocycles. The van der Waals surface area contributed by atoms with Gasteiger partial charge < -0.3 is 19.5 Å². The third-order valence-electron chi connectivity index (χ3n) is 4.85. The summed E-state index contributed by atoms with van der Waals surface area (Å²) in [5.74, 6) is -2.18. The zero-order valence-electron chi connectivity index (χ0n) is 18.7. The summed E-state index contributed by atoms with van der Waals surface area (Å²) in [7, 11) is 2.76. The number of nitrogens with zero attached hydrogens (tertiary/aromatic N) is 1. The molecule has 184 valence electrons. The average Bonchev–Trinajstić information content (AvgIpc) is 2.82. The summed E-state index contributed by atoms with van der Waals surface area (Å²) >= 11 is 12.3. The SMILES string of the molecule is COc1ccc(C(=O)Cc2c(Cl)cncc2Cl)c(OCC(=O)NCc2cc(F)cc(F)c2)c1OC. The van der Waals surface area contributed by atoms with Crippen LogP contribution in [-0.4, -0.2) is 37.5 Å². The maximum Gasteiger partial charge on any atom is 0.258 e. The number of carbonyl (C=O) groups is 2. The molecule has 0 spiro atoms. The summed E-state index contributed by atoms with van der Waals surface area (Å²) in [4.78, 5) is 29.4. The summed E-state index contributed by atoms with van der Waals surface area (Å²) in [6.07, 6.45) is 2.58. The lowest BCUT2D eigenvalue weighted by atomic mass is 10.0. The van der Waals surface area contributed by atoms with Crippen LogP contribution in [0, 0.1) is 11.6 Å². The summed E-state index contributed by atoms with van der Waals surface area (Å²) in [5.41, 5.74) is 0.720. The Hall–Kier alpha value is -3.43. The largest absolute Gasteiger partial charge is 0.493 e. The number of halogens is 4. The van der Waals surface area contributed by atoms with Gasteiger partial charge in [-0.1, -0.05) is 23.2 Å². The van der Waals surface area contributed by atoms with Crippen LogP contribution >= 0.6 is 23.2 Å². The van der Waals surface area contributed by atoms with Crippen molar-refractivity contribution in [2.45, 2.75) is 13.0 Å². The number of methoxy groups -OCH3 is 2. The molecule has 0 fully saturated rings. The van der Waals surface area contributed by atoms with Crippen LogP contribution in [0.4, 0.5) is 8.78 Å². The van der Waals surface area contributed by atoms with Gasteiger partial charge in [-0.05, 0) is 29.8 Å². The Labute approximate surface area is 209 Å². The van der Waals surface area contributed by atoms with E-state index in [1.807, 2.05) is 0 Å². The number of pyridine rings is 1. The van der Waals surface area contributed by atoms with Crippen LogP contribution < -0.4 is 19.5 Å². The average molecular weight is 525 g/mol. The summed E-state index contributed by atoms with van der Waals surface area (Å²) in [5, 5.41) is 2.95. The Kier molecular flexibility index (Phi) is 8.84. The topological polar surface area (TPSA) is 86.8 Å². The van der Waals surface area contributed by atoms with Gasteiger partial charge in [-0.3, -0.25) is 14.6 Å². The molecule has 3 rings (SSSR count). The molecule has 1 amide bonds. The predicted molar refractivity (Wildman–Crippen MR) is 126 cm³/mol. The van der Waals surface area contributed by atoms with E-state index in [0.29, 0.717) is 5.56 Å². The second-order valence-corrected chi connectivity index (χ2v) is 8.02. The molecule has 1 aromatic heterocycles. The standard InChI is InChI=1S/C24H20Cl2F2N2O5/c1-33-21-4-3-16(20(31)8-17-18(25)10-29-11-19(17)26)23(24(21)34-2)35-12-22(32)30-9-13-5-14(27)7-15(28)6-13/h3-7,10-11H,8-9,12H2,1-2H3,(H,30,32). The number of benzene rings is 2. The van der Waals surface area contributed by atoms with E-state index in [4.69, 9.17) is 37.4 Å². The summed E-state index contributed by atoms with van der Waals surface area (Å²) < 4.78 is 43.0. The number of nitrogens with one attached hydrogen (secondary N) is 1. The van der Waals surface area contributed by atoms with E-state index in [-0.39, 0.29) is 51.4 Å². The number of hydrogen-bond acceptors (Lipinski definition) is 6. The van der Waals surface area contributed by atoms with E-state index >= 15 is 0 Å². The molecular formula is C24H20Cl2F2N2O5. The number of ketones is 1. The number of ether oxygens (including phenoxy) is 3. The van der Waals surface area contributed by atoms with E-state index in [2.05, 4.69) is 10.3 Å². The highest BCUT2D eigenvalue weighted by Gasteiger charge is 2.23. The summed E-state index contributed by atoms with van der Waals surface area (Å²) in [6.45, 7) is -0.644. The fourth-order valence-electron chi connectivity index (χ4n) is 3.23. The number of amides is 1. The third kappa shape index (κ3) is 6.58. The van der Waals surface area contributed by atoms with Gasteiger partial charge in [0.2, 0.25) is 5.75 Å². The van der Waals surface area contributed by atoms with E-state index < -0.39 is 29.9 Å². The molecule has 3 aromatic rings. The molecule has 35 heavy (non-hydrogen) atoms. The van der Waals surface area contributed by atoms with Crippen molar-refractivity contribution in [2.24, 2.45) is 0 Å². The first-order valence-electron chi connectivity index (χ1n) is 10.1. The quantitative estimate of drug-likeness (QED) is 0.383. The zero-order chi connectivity index (χ0) is 25.5. The van der Waals surface area contributed by atoms with Crippen LogP contribution in [0.25, 0.3) is 0 Å². The minimum Gasteiger partial charge on any atom is -0.493 e. The number of hydrogen-bond donors (Lipinski definition) is 1. The fraction of sp³-hybridized carbons (Fsp3) is 0.208. The van der Waals surface area contributed by atoms with Gasteiger partial charge in [-0.15, -0.1) is 0 Å². The number of Topliss-reactive ketones (excluding diaryl/α,β-unsaturated/α-hetero) is 1. The van der Waals surface area contributed by atoms with Crippen LogP contribution in [0.15, 0.2) is 42.7 Å². The smallest absolute Gasteiger partial charge is 0.258 e. The molecule has 0 unspecified atom stereocenters. The molecule has 0 aliphatic carbocycles.